The van der Waals surface area contributed by atoms with Crippen molar-refractivity contribution in [2.45, 2.75) is 25.3 Å². The van der Waals surface area contributed by atoms with Crippen LogP contribution in [-0.4, -0.2) is 38.6 Å². The van der Waals surface area contributed by atoms with Crippen LogP contribution in [0.3, 0.4) is 0 Å². The maximum atomic E-state index is 12.4. The van der Waals surface area contributed by atoms with E-state index in [2.05, 4.69) is 5.32 Å². The number of methoxy groups -OCH3 is 2. The van der Waals surface area contributed by atoms with Crippen molar-refractivity contribution in [1.29, 1.82) is 0 Å². The summed E-state index contributed by atoms with van der Waals surface area (Å²) in [6.45, 7) is 0.450. The molecule has 1 aliphatic heterocycles. The average molecular weight is 368 g/mol. The monoisotopic (exact) mass is 368 g/mol. The Morgan fingerprint density at radius 3 is 2.56 bits per heavy atom. The summed E-state index contributed by atoms with van der Waals surface area (Å²) in [6.07, 6.45) is 1.39. The predicted molar refractivity (Wildman–Crippen MR) is 103 cm³/mol. The zero-order valence-electron chi connectivity index (χ0n) is 15.6. The van der Waals surface area contributed by atoms with Crippen LogP contribution in [0.25, 0.3) is 0 Å². The summed E-state index contributed by atoms with van der Waals surface area (Å²) in [7, 11) is 3.13. The molecular weight excluding hydrogens is 344 g/mol. The van der Waals surface area contributed by atoms with Gasteiger partial charge < -0.3 is 19.7 Å². The molecule has 1 N–H and O–H groups in total. The van der Waals surface area contributed by atoms with Gasteiger partial charge in [0.15, 0.2) is 11.5 Å². The molecular formula is C21H24N2O4. The standard InChI is InChI=1S/C21H24N2O4/c1-26-18-10-9-17(13-19(18)27-2)23-14-16(12-21(23)25)22-20(24)11-8-15-6-4-3-5-7-15/h3-7,9-10,13,16H,8,11-12,14H2,1-2H3,(H,22,24). The number of nitrogens with one attached hydrogen (secondary N) is 1. The Labute approximate surface area is 159 Å². The van der Waals surface area contributed by atoms with Gasteiger partial charge in [-0.1, -0.05) is 30.3 Å². The van der Waals surface area contributed by atoms with Gasteiger partial charge in [-0.05, 0) is 24.1 Å². The summed E-state index contributed by atoms with van der Waals surface area (Å²) >= 11 is 0. The van der Waals surface area contributed by atoms with Crippen molar-refractivity contribution < 1.29 is 19.1 Å². The molecule has 0 aromatic heterocycles. The van der Waals surface area contributed by atoms with E-state index in [1.165, 1.54) is 0 Å². The van der Waals surface area contributed by atoms with Gasteiger partial charge in [-0.25, -0.2) is 0 Å². The maximum absolute atomic E-state index is 12.4. The number of carbonyl (C=O) groups is 2. The van der Waals surface area contributed by atoms with Crippen LogP contribution in [0.2, 0.25) is 0 Å². The van der Waals surface area contributed by atoms with Gasteiger partial charge in [0.25, 0.3) is 0 Å². The molecule has 1 saturated heterocycles. The lowest BCUT2D eigenvalue weighted by Crippen LogP contribution is -2.37. The summed E-state index contributed by atoms with van der Waals surface area (Å²) in [6, 6.07) is 15.1. The fourth-order valence-corrected chi connectivity index (χ4v) is 3.25. The number of nitrogens with zero attached hydrogens (tertiary/aromatic N) is 1. The molecule has 142 valence electrons. The fraction of sp³-hybridized carbons (Fsp3) is 0.333. The van der Waals surface area contributed by atoms with E-state index < -0.39 is 0 Å². The minimum atomic E-state index is -0.186. The Hall–Kier alpha value is -3.02. The predicted octanol–water partition coefficient (Wildman–Crippen LogP) is 2.56. The second-order valence-corrected chi connectivity index (χ2v) is 6.50. The number of aryl methyl sites for hydroxylation is 1. The summed E-state index contributed by atoms with van der Waals surface area (Å²) in [5.41, 5.74) is 1.86. The lowest BCUT2D eigenvalue weighted by Gasteiger charge is -2.19. The first-order valence-electron chi connectivity index (χ1n) is 8.96. The first-order valence-corrected chi connectivity index (χ1v) is 8.96. The molecule has 1 heterocycles. The van der Waals surface area contributed by atoms with E-state index in [4.69, 9.17) is 9.47 Å². The van der Waals surface area contributed by atoms with E-state index in [0.29, 0.717) is 37.3 Å². The van der Waals surface area contributed by atoms with Gasteiger partial charge in [-0.2, -0.15) is 0 Å². The number of hydrogen-bond donors (Lipinski definition) is 1. The van der Waals surface area contributed by atoms with Crippen molar-refractivity contribution in [3.05, 3.63) is 54.1 Å². The minimum absolute atomic E-state index is 0.0180. The Balaban J connectivity index is 1.58. The topological polar surface area (TPSA) is 67.9 Å². The van der Waals surface area contributed by atoms with Crippen molar-refractivity contribution >= 4 is 17.5 Å². The number of rotatable bonds is 7. The van der Waals surface area contributed by atoms with Crippen molar-refractivity contribution in [2.24, 2.45) is 0 Å². The van der Waals surface area contributed by atoms with Gasteiger partial charge in [0.2, 0.25) is 11.8 Å². The number of amides is 2. The molecule has 0 saturated carbocycles. The van der Waals surface area contributed by atoms with E-state index in [0.717, 1.165) is 11.3 Å². The molecule has 6 heteroatoms. The van der Waals surface area contributed by atoms with E-state index >= 15 is 0 Å². The Bertz CT molecular complexity index is 807. The van der Waals surface area contributed by atoms with Crippen molar-refractivity contribution in [3.8, 4) is 11.5 Å². The molecule has 1 unspecified atom stereocenters. The molecule has 1 fully saturated rings. The van der Waals surface area contributed by atoms with Crippen LogP contribution in [-0.2, 0) is 16.0 Å². The van der Waals surface area contributed by atoms with Crippen molar-refractivity contribution in [3.63, 3.8) is 0 Å². The quantitative estimate of drug-likeness (QED) is 0.816. The van der Waals surface area contributed by atoms with E-state index in [1.54, 1.807) is 31.3 Å². The smallest absolute Gasteiger partial charge is 0.229 e. The minimum Gasteiger partial charge on any atom is -0.493 e. The summed E-state index contributed by atoms with van der Waals surface area (Å²) in [4.78, 5) is 26.3. The van der Waals surface area contributed by atoms with Crippen LogP contribution >= 0.6 is 0 Å². The fourth-order valence-electron chi connectivity index (χ4n) is 3.25. The van der Waals surface area contributed by atoms with Gasteiger partial charge in [0, 0.05) is 31.1 Å². The van der Waals surface area contributed by atoms with Crippen molar-refractivity contribution in [1.82, 2.24) is 5.32 Å². The molecule has 0 bridgehead atoms. The van der Waals surface area contributed by atoms with Gasteiger partial charge in [-0.3, -0.25) is 9.59 Å². The van der Waals surface area contributed by atoms with Gasteiger partial charge in [0.05, 0.1) is 20.3 Å². The Kier molecular flexibility index (Phi) is 5.96. The highest BCUT2D eigenvalue weighted by Gasteiger charge is 2.31. The molecule has 0 aliphatic carbocycles. The lowest BCUT2D eigenvalue weighted by atomic mass is 10.1. The lowest BCUT2D eigenvalue weighted by molar-refractivity contribution is -0.121. The highest BCUT2D eigenvalue weighted by Crippen LogP contribution is 2.33. The molecule has 1 atom stereocenters. The molecule has 6 nitrogen and oxygen atoms in total. The van der Waals surface area contributed by atoms with Crippen LogP contribution in [0.4, 0.5) is 5.69 Å². The third kappa shape index (κ3) is 4.58. The van der Waals surface area contributed by atoms with Crippen LogP contribution in [0.15, 0.2) is 48.5 Å². The molecule has 2 amide bonds. The number of benzene rings is 2. The summed E-state index contributed by atoms with van der Waals surface area (Å²) in [5.74, 6) is 1.12. The largest absolute Gasteiger partial charge is 0.493 e. The molecule has 0 spiro atoms. The number of anilines is 1. The number of hydrogen-bond acceptors (Lipinski definition) is 4. The van der Waals surface area contributed by atoms with Gasteiger partial charge in [-0.15, -0.1) is 0 Å². The molecule has 2 aromatic rings. The Morgan fingerprint density at radius 1 is 1.11 bits per heavy atom. The van der Waals surface area contributed by atoms with Crippen molar-refractivity contribution in [2.75, 3.05) is 25.7 Å². The highest BCUT2D eigenvalue weighted by molar-refractivity contribution is 5.97. The van der Waals surface area contributed by atoms with E-state index in [9.17, 15) is 9.59 Å². The van der Waals surface area contributed by atoms with Crippen LogP contribution in [0, 0.1) is 0 Å². The zero-order chi connectivity index (χ0) is 19.2. The first kappa shape index (κ1) is 18.8. The van der Waals surface area contributed by atoms with Crippen LogP contribution in [0.5, 0.6) is 11.5 Å². The summed E-state index contributed by atoms with van der Waals surface area (Å²) < 4.78 is 10.5. The maximum Gasteiger partial charge on any atom is 0.229 e. The molecule has 3 rings (SSSR count). The van der Waals surface area contributed by atoms with Crippen LogP contribution in [0.1, 0.15) is 18.4 Å². The molecule has 0 radical (unpaired) electrons. The molecule has 2 aromatic carbocycles. The number of ether oxygens (including phenoxy) is 2. The average Bonchev–Trinajstić information content (AvgIpc) is 3.06. The van der Waals surface area contributed by atoms with Gasteiger partial charge >= 0.3 is 0 Å². The Morgan fingerprint density at radius 2 is 1.85 bits per heavy atom. The van der Waals surface area contributed by atoms with E-state index in [-0.39, 0.29) is 17.9 Å². The first-order chi connectivity index (χ1) is 13.1. The molecule has 1 aliphatic rings. The number of carbonyl (C=O) groups excluding carboxylic acids is 2. The normalized spacial score (nSPS) is 16.3. The second-order valence-electron chi connectivity index (χ2n) is 6.50. The SMILES string of the molecule is COc1ccc(N2CC(NC(=O)CCc3ccccc3)CC2=O)cc1OC. The third-order valence-corrected chi connectivity index (χ3v) is 4.65. The highest BCUT2D eigenvalue weighted by atomic mass is 16.5. The van der Waals surface area contributed by atoms with E-state index in [1.807, 2.05) is 36.4 Å². The molecule has 27 heavy (non-hydrogen) atoms. The zero-order valence-corrected chi connectivity index (χ0v) is 15.6. The van der Waals surface area contributed by atoms with Crippen LogP contribution < -0.4 is 19.7 Å². The second kappa shape index (κ2) is 8.58. The summed E-state index contributed by atoms with van der Waals surface area (Å²) in [5, 5.41) is 2.97. The van der Waals surface area contributed by atoms with Gasteiger partial charge in [0.1, 0.15) is 0 Å². The third-order valence-electron chi connectivity index (χ3n) is 4.65.